The van der Waals surface area contributed by atoms with E-state index in [-0.39, 0.29) is 5.91 Å². The minimum atomic E-state index is -0.140. The molecule has 2 heterocycles. The maximum atomic E-state index is 12.5. The van der Waals surface area contributed by atoms with E-state index in [0.717, 1.165) is 41.5 Å². The average Bonchev–Trinajstić information content (AvgIpc) is 3.24. The zero-order chi connectivity index (χ0) is 16.1. The van der Waals surface area contributed by atoms with Crippen molar-refractivity contribution >= 4 is 34.1 Å². The maximum Gasteiger partial charge on any atom is 0.258 e. The van der Waals surface area contributed by atoms with E-state index in [1.165, 1.54) is 11.3 Å². The van der Waals surface area contributed by atoms with Crippen LogP contribution in [0.2, 0.25) is 0 Å². The topological polar surface area (TPSA) is 64.1 Å². The normalized spacial score (nSPS) is 17.3. The molecular formula is C16H19N3O2S2. The lowest BCUT2D eigenvalue weighted by Crippen LogP contribution is -2.14. The lowest BCUT2D eigenvalue weighted by Gasteiger charge is -2.11. The molecule has 3 rings (SSSR count). The van der Waals surface area contributed by atoms with Gasteiger partial charge in [0.15, 0.2) is 0 Å². The monoisotopic (exact) mass is 349 g/mol. The Labute approximate surface area is 143 Å². The minimum absolute atomic E-state index is 0.140. The van der Waals surface area contributed by atoms with Gasteiger partial charge in [0.1, 0.15) is 5.01 Å². The van der Waals surface area contributed by atoms with E-state index < -0.39 is 0 Å². The highest BCUT2D eigenvalue weighted by Crippen LogP contribution is 2.27. The highest BCUT2D eigenvalue weighted by atomic mass is 32.2. The molecule has 2 aromatic rings. The summed E-state index contributed by atoms with van der Waals surface area (Å²) in [5.74, 6) is 0.738. The SMILES string of the molecule is CCc1nnc(NC(=O)c2ccccc2SC[C@@H]2CCCO2)s1. The van der Waals surface area contributed by atoms with Gasteiger partial charge < -0.3 is 4.74 Å². The molecule has 23 heavy (non-hydrogen) atoms. The summed E-state index contributed by atoms with van der Waals surface area (Å²) < 4.78 is 5.65. The van der Waals surface area contributed by atoms with Crippen molar-refractivity contribution in [2.24, 2.45) is 0 Å². The van der Waals surface area contributed by atoms with E-state index >= 15 is 0 Å². The summed E-state index contributed by atoms with van der Waals surface area (Å²) in [5.41, 5.74) is 0.670. The number of carbonyl (C=O) groups excluding carboxylic acids is 1. The van der Waals surface area contributed by atoms with Crippen molar-refractivity contribution < 1.29 is 9.53 Å². The predicted octanol–water partition coefficient (Wildman–Crippen LogP) is 3.62. The molecule has 1 amide bonds. The van der Waals surface area contributed by atoms with Gasteiger partial charge in [-0.1, -0.05) is 30.4 Å². The van der Waals surface area contributed by atoms with Gasteiger partial charge in [0.2, 0.25) is 5.13 Å². The summed E-state index contributed by atoms with van der Waals surface area (Å²) in [5, 5.41) is 12.3. The van der Waals surface area contributed by atoms with Crippen LogP contribution in [0.5, 0.6) is 0 Å². The number of thioether (sulfide) groups is 1. The van der Waals surface area contributed by atoms with Crippen molar-refractivity contribution in [1.82, 2.24) is 10.2 Å². The highest BCUT2D eigenvalue weighted by molar-refractivity contribution is 7.99. The van der Waals surface area contributed by atoms with Crippen LogP contribution in [0.15, 0.2) is 29.2 Å². The van der Waals surface area contributed by atoms with Crippen molar-refractivity contribution in [3.63, 3.8) is 0 Å². The van der Waals surface area contributed by atoms with Gasteiger partial charge in [0.05, 0.1) is 11.7 Å². The van der Waals surface area contributed by atoms with Crippen LogP contribution in [-0.4, -0.2) is 34.6 Å². The number of aromatic nitrogens is 2. The number of ether oxygens (including phenoxy) is 1. The quantitative estimate of drug-likeness (QED) is 0.807. The maximum absolute atomic E-state index is 12.5. The number of carbonyl (C=O) groups is 1. The molecule has 1 aromatic carbocycles. The van der Waals surface area contributed by atoms with Gasteiger partial charge in [0, 0.05) is 17.3 Å². The molecule has 0 saturated carbocycles. The van der Waals surface area contributed by atoms with Crippen LogP contribution in [0.25, 0.3) is 0 Å². The highest BCUT2D eigenvalue weighted by Gasteiger charge is 2.18. The lowest BCUT2D eigenvalue weighted by molar-refractivity contribution is 0.102. The average molecular weight is 349 g/mol. The molecule has 1 fully saturated rings. The van der Waals surface area contributed by atoms with Crippen molar-refractivity contribution in [2.45, 2.75) is 37.2 Å². The third kappa shape index (κ3) is 4.31. The van der Waals surface area contributed by atoms with Gasteiger partial charge in [-0.3, -0.25) is 10.1 Å². The third-order valence-corrected chi connectivity index (χ3v) is 5.76. The second-order valence-corrected chi connectivity index (χ2v) is 7.37. The Hall–Kier alpha value is -1.44. The molecule has 0 spiro atoms. The zero-order valence-electron chi connectivity index (χ0n) is 12.9. The Kier molecular flexibility index (Phi) is 5.64. The van der Waals surface area contributed by atoms with Crippen LogP contribution in [0.1, 0.15) is 35.1 Å². The van der Waals surface area contributed by atoms with Gasteiger partial charge in [0.25, 0.3) is 5.91 Å². The summed E-state index contributed by atoms with van der Waals surface area (Å²) in [6.07, 6.45) is 3.35. The largest absolute Gasteiger partial charge is 0.377 e. The van der Waals surface area contributed by atoms with Gasteiger partial charge in [-0.25, -0.2) is 0 Å². The molecule has 5 nitrogen and oxygen atoms in total. The Balaban J connectivity index is 1.66. The number of anilines is 1. The van der Waals surface area contributed by atoms with E-state index in [4.69, 9.17) is 4.74 Å². The van der Waals surface area contributed by atoms with Crippen molar-refractivity contribution in [1.29, 1.82) is 0 Å². The number of hydrogen-bond acceptors (Lipinski definition) is 6. The van der Waals surface area contributed by atoms with E-state index in [1.807, 2.05) is 31.2 Å². The molecule has 122 valence electrons. The van der Waals surface area contributed by atoms with Crippen LogP contribution in [0.3, 0.4) is 0 Å². The Morgan fingerprint density at radius 1 is 1.43 bits per heavy atom. The second-order valence-electron chi connectivity index (χ2n) is 5.25. The Bertz CT molecular complexity index is 669. The molecule has 1 aliphatic rings. The molecule has 0 radical (unpaired) electrons. The number of aryl methyl sites for hydroxylation is 1. The number of benzene rings is 1. The van der Waals surface area contributed by atoms with Crippen LogP contribution in [-0.2, 0) is 11.2 Å². The van der Waals surface area contributed by atoms with Crippen LogP contribution >= 0.6 is 23.1 Å². The van der Waals surface area contributed by atoms with Gasteiger partial charge in [-0.15, -0.1) is 22.0 Å². The summed E-state index contributed by atoms with van der Waals surface area (Å²) in [7, 11) is 0. The van der Waals surface area contributed by atoms with Crippen LogP contribution in [0.4, 0.5) is 5.13 Å². The zero-order valence-corrected chi connectivity index (χ0v) is 14.6. The smallest absolute Gasteiger partial charge is 0.258 e. The first-order valence-electron chi connectivity index (χ1n) is 7.73. The van der Waals surface area contributed by atoms with Gasteiger partial charge in [-0.05, 0) is 31.4 Å². The van der Waals surface area contributed by atoms with Crippen LogP contribution < -0.4 is 5.32 Å². The molecule has 1 atom stereocenters. The summed E-state index contributed by atoms with van der Waals surface area (Å²) in [6.45, 7) is 2.87. The van der Waals surface area contributed by atoms with E-state index in [1.54, 1.807) is 11.8 Å². The van der Waals surface area contributed by atoms with Crippen LogP contribution in [0, 0.1) is 0 Å². The van der Waals surface area contributed by atoms with E-state index in [2.05, 4.69) is 15.5 Å². The first-order chi connectivity index (χ1) is 11.3. The molecule has 0 aliphatic carbocycles. The molecule has 1 saturated heterocycles. The van der Waals surface area contributed by atoms with E-state index in [0.29, 0.717) is 16.8 Å². The van der Waals surface area contributed by atoms with Crippen molar-refractivity contribution in [2.75, 3.05) is 17.7 Å². The van der Waals surface area contributed by atoms with Crippen molar-refractivity contribution in [3.05, 3.63) is 34.8 Å². The predicted molar refractivity (Wildman–Crippen MR) is 93.4 cm³/mol. The second kappa shape index (κ2) is 7.90. The Morgan fingerprint density at radius 2 is 2.30 bits per heavy atom. The lowest BCUT2D eigenvalue weighted by atomic mass is 10.2. The minimum Gasteiger partial charge on any atom is -0.377 e. The number of nitrogens with zero attached hydrogens (tertiary/aromatic N) is 2. The molecule has 1 aromatic heterocycles. The fraction of sp³-hybridized carbons (Fsp3) is 0.438. The number of amides is 1. The summed E-state index contributed by atoms with van der Waals surface area (Å²) in [6, 6.07) is 7.65. The number of nitrogens with one attached hydrogen (secondary N) is 1. The third-order valence-electron chi connectivity index (χ3n) is 3.57. The molecule has 0 unspecified atom stereocenters. The first kappa shape index (κ1) is 16.4. The summed E-state index contributed by atoms with van der Waals surface area (Å²) >= 11 is 3.09. The molecular weight excluding hydrogens is 330 g/mol. The van der Waals surface area contributed by atoms with Gasteiger partial charge in [-0.2, -0.15) is 0 Å². The molecule has 1 aliphatic heterocycles. The van der Waals surface area contributed by atoms with Gasteiger partial charge >= 0.3 is 0 Å². The number of hydrogen-bond donors (Lipinski definition) is 1. The van der Waals surface area contributed by atoms with Crippen molar-refractivity contribution in [3.8, 4) is 0 Å². The Morgan fingerprint density at radius 3 is 3.04 bits per heavy atom. The fourth-order valence-corrected chi connectivity index (χ4v) is 4.14. The molecule has 7 heteroatoms. The fourth-order valence-electron chi connectivity index (χ4n) is 2.35. The molecule has 0 bridgehead atoms. The first-order valence-corrected chi connectivity index (χ1v) is 9.53. The standard InChI is InChI=1S/C16H19N3O2S2/c1-2-14-18-19-16(23-14)17-15(20)12-7-3-4-8-13(12)22-10-11-6-5-9-21-11/h3-4,7-8,11H,2,5-6,9-10H2,1H3,(H,17,19,20)/t11-/m0/s1. The summed E-state index contributed by atoms with van der Waals surface area (Å²) in [4.78, 5) is 13.5. The van der Waals surface area contributed by atoms with E-state index in [9.17, 15) is 4.79 Å². The number of rotatable bonds is 6. The molecule has 1 N–H and O–H groups in total.